The number of anilines is 1. The highest BCUT2D eigenvalue weighted by atomic mass is 19.1. The topological polar surface area (TPSA) is 47.7 Å². The van der Waals surface area contributed by atoms with E-state index < -0.39 is 0 Å². The molecule has 2 aliphatic heterocycles. The number of ether oxygens (including phenoxy) is 2. The molecule has 0 aliphatic carbocycles. The maximum absolute atomic E-state index is 13.8. The van der Waals surface area contributed by atoms with Crippen LogP contribution in [0.1, 0.15) is 25.7 Å². The lowest BCUT2D eigenvalue weighted by Crippen LogP contribution is -2.47. The third-order valence-electron chi connectivity index (χ3n) is 4.64. The number of hydrogen-bond acceptors (Lipinski definition) is 4. The minimum atomic E-state index is -0.371. The van der Waals surface area contributed by atoms with Gasteiger partial charge in [0.2, 0.25) is 0 Å². The van der Waals surface area contributed by atoms with Crippen LogP contribution in [0, 0.1) is 5.82 Å². The van der Waals surface area contributed by atoms with Gasteiger partial charge >= 0.3 is 0 Å². The molecule has 2 fully saturated rings. The number of methoxy groups -OCH3 is 1. The maximum Gasteiger partial charge on any atom is 0.167 e. The predicted octanol–water partition coefficient (Wildman–Crippen LogP) is 2.43. The molecule has 0 spiro atoms. The second kappa shape index (κ2) is 6.20. The second-order valence-electron chi connectivity index (χ2n) is 6.02. The first kappa shape index (κ1) is 14.6. The number of nitrogens with zero attached hydrogens (tertiary/aromatic N) is 1. The lowest BCUT2D eigenvalue weighted by Gasteiger charge is -2.38. The molecule has 2 aliphatic rings. The van der Waals surface area contributed by atoms with Crippen molar-refractivity contribution in [1.82, 2.24) is 4.90 Å². The summed E-state index contributed by atoms with van der Waals surface area (Å²) in [4.78, 5) is 2.53. The molecular formula is C16H23FN2O2. The molecule has 116 valence electrons. The van der Waals surface area contributed by atoms with Crippen LogP contribution in [0.2, 0.25) is 0 Å². The largest absolute Gasteiger partial charge is 0.487 e. The molecule has 4 nitrogen and oxygen atoms in total. The zero-order valence-electron chi connectivity index (χ0n) is 12.4. The van der Waals surface area contributed by atoms with Gasteiger partial charge in [0, 0.05) is 37.5 Å². The van der Waals surface area contributed by atoms with Crippen molar-refractivity contribution in [3.05, 3.63) is 24.0 Å². The highest BCUT2D eigenvalue weighted by molar-refractivity contribution is 5.42. The van der Waals surface area contributed by atoms with Crippen LogP contribution in [0.15, 0.2) is 18.2 Å². The van der Waals surface area contributed by atoms with Crippen LogP contribution in [0.3, 0.4) is 0 Å². The molecule has 5 heteroatoms. The fourth-order valence-corrected chi connectivity index (χ4v) is 3.67. The van der Waals surface area contributed by atoms with Gasteiger partial charge in [0.15, 0.2) is 11.6 Å². The molecule has 2 N–H and O–H groups in total. The van der Waals surface area contributed by atoms with Crippen LogP contribution in [-0.2, 0) is 4.74 Å². The van der Waals surface area contributed by atoms with Crippen molar-refractivity contribution in [2.24, 2.45) is 0 Å². The molecule has 1 aromatic rings. The van der Waals surface area contributed by atoms with Crippen molar-refractivity contribution in [2.75, 3.05) is 26.0 Å². The summed E-state index contributed by atoms with van der Waals surface area (Å²) in [7, 11) is 1.74. The molecule has 2 atom stereocenters. The fourth-order valence-electron chi connectivity index (χ4n) is 3.67. The number of nitrogens with two attached hydrogens (primary N) is 1. The Morgan fingerprint density at radius 3 is 2.62 bits per heavy atom. The standard InChI is InChI=1S/C16H23FN2O2/c1-20-7-6-19-12-3-4-13(19)10-14(9-12)21-16-5-2-11(18)8-15(16)17/h2,5,8,12-14H,3-4,6-7,9-10,18H2,1H3. The van der Waals surface area contributed by atoms with Gasteiger partial charge in [-0.15, -0.1) is 0 Å². The maximum atomic E-state index is 13.8. The highest BCUT2D eigenvalue weighted by Crippen LogP contribution is 2.37. The van der Waals surface area contributed by atoms with E-state index in [1.165, 1.54) is 18.9 Å². The third-order valence-corrected chi connectivity index (χ3v) is 4.64. The van der Waals surface area contributed by atoms with E-state index in [9.17, 15) is 4.39 Å². The molecule has 21 heavy (non-hydrogen) atoms. The summed E-state index contributed by atoms with van der Waals surface area (Å²) in [6.45, 7) is 1.75. The number of hydrogen-bond donors (Lipinski definition) is 1. The van der Waals surface area contributed by atoms with Crippen molar-refractivity contribution < 1.29 is 13.9 Å². The van der Waals surface area contributed by atoms with E-state index in [1.807, 2.05) is 0 Å². The average Bonchev–Trinajstić information content (AvgIpc) is 2.69. The third kappa shape index (κ3) is 3.14. The number of benzene rings is 1. The summed E-state index contributed by atoms with van der Waals surface area (Å²) in [6.07, 6.45) is 4.43. The monoisotopic (exact) mass is 294 g/mol. The van der Waals surface area contributed by atoms with Gasteiger partial charge in [-0.25, -0.2) is 4.39 Å². The molecule has 0 saturated carbocycles. The Morgan fingerprint density at radius 1 is 1.29 bits per heavy atom. The Kier molecular flexibility index (Phi) is 4.31. The van der Waals surface area contributed by atoms with Crippen LogP contribution < -0.4 is 10.5 Å². The molecular weight excluding hydrogens is 271 g/mol. The van der Waals surface area contributed by atoms with Gasteiger partial charge in [-0.05, 0) is 37.8 Å². The van der Waals surface area contributed by atoms with Gasteiger partial charge < -0.3 is 15.2 Å². The van der Waals surface area contributed by atoms with E-state index in [4.69, 9.17) is 15.2 Å². The van der Waals surface area contributed by atoms with Gasteiger partial charge in [-0.2, -0.15) is 0 Å². The van der Waals surface area contributed by atoms with E-state index >= 15 is 0 Å². The van der Waals surface area contributed by atoms with E-state index in [2.05, 4.69) is 4.90 Å². The van der Waals surface area contributed by atoms with E-state index in [1.54, 1.807) is 19.2 Å². The molecule has 0 amide bonds. The van der Waals surface area contributed by atoms with Crippen LogP contribution >= 0.6 is 0 Å². The Bertz CT molecular complexity index is 483. The Labute approximate surface area is 125 Å². The predicted molar refractivity (Wildman–Crippen MR) is 79.9 cm³/mol. The van der Waals surface area contributed by atoms with Crippen LogP contribution in [0.4, 0.5) is 10.1 Å². The van der Waals surface area contributed by atoms with Crippen LogP contribution in [-0.4, -0.2) is 43.3 Å². The van der Waals surface area contributed by atoms with Gasteiger partial charge in [0.05, 0.1) is 6.61 Å². The lowest BCUT2D eigenvalue weighted by molar-refractivity contribution is 0.0316. The van der Waals surface area contributed by atoms with Crippen molar-refractivity contribution in [2.45, 2.75) is 43.9 Å². The Hall–Kier alpha value is -1.33. The van der Waals surface area contributed by atoms with E-state index in [-0.39, 0.29) is 11.9 Å². The molecule has 2 bridgehead atoms. The Balaban J connectivity index is 1.62. The molecule has 0 radical (unpaired) electrons. The SMILES string of the molecule is COCCN1C2CCC1CC(Oc1ccc(N)cc1F)C2. The smallest absolute Gasteiger partial charge is 0.167 e. The first-order chi connectivity index (χ1) is 10.2. The number of nitrogen functional groups attached to an aromatic ring is 1. The number of fused-ring (bicyclic) bond motifs is 2. The summed E-state index contributed by atoms with van der Waals surface area (Å²) in [5.74, 6) is -0.0527. The minimum absolute atomic E-state index is 0.0967. The fraction of sp³-hybridized carbons (Fsp3) is 0.625. The summed E-state index contributed by atoms with van der Waals surface area (Å²) >= 11 is 0. The van der Waals surface area contributed by atoms with Gasteiger partial charge in [-0.3, -0.25) is 4.90 Å². The van der Waals surface area contributed by atoms with Crippen molar-refractivity contribution >= 4 is 5.69 Å². The molecule has 1 aromatic carbocycles. The first-order valence-electron chi connectivity index (χ1n) is 7.63. The first-order valence-corrected chi connectivity index (χ1v) is 7.63. The van der Waals surface area contributed by atoms with Crippen LogP contribution in [0.25, 0.3) is 0 Å². The van der Waals surface area contributed by atoms with Crippen molar-refractivity contribution in [3.63, 3.8) is 0 Å². The normalized spacial score (nSPS) is 28.8. The van der Waals surface area contributed by atoms with Crippen molar-refractivity contribution in [1.29, 1.82) is 0 Å². The van der Waals surface area contributed by atoms with Crippen molar-refractivity contribution in [3.8, 4) is 5.75 Å². The summed E-state index contributed by atoms with van der Waals surface area (Å²) in [5.41, 5.74) is 5.99. The summed E-state index contributed by atoms with van der Waals surface area (Å²) < 4.78 is 24.9. The molecule has 0 aromatic heterocycles. The van der Waals surface area contributed by atoms with Gasteiger partial charge in [0.25, 0.3) is 0 Å². The van der Waals surface area contributed by atoms with Crippen LogP contribution in [0.5, 0.6) is 5.75 Å². The zero-order chi connectivity index (χ0) is 14.8. The quantitative estimate of drug-likeness (QED) is 0.847. The molecule has 2 heterocycles. The Morgan fingerprint density at radius 2 is 2.00 bits per heavy atom. The molecule has 2 saturated heterocycles. The lowest BCUT2D eigenvalue weighted by atomic mass is 9.99. The average molecular weight is 294 g/mol. The van der Waals surface area contributed by atoms with Gasteiger partial charge in [-0.1, -0.05) is 0 Å². The van der Waals surface area contributed by atoms with E-state index in [0.717, 1.165) is 26.0 Å². The molecule has 3 rings (SSSR count). The number of halogens is 1. The highest BCUT2D eigenvalue weighted by Gasteiger charge is 2.41. The van der Waals surface area contributed by atoms with E-state index in [0.29, 0.717) is 23.5 Å². The summed E-state index contributed by atoms with van der Waals surface area (Å²) in [5, 5.41) is 0. The number of piperidine rings is 1. The van der Waals surface area contributed by atoms with Gasteiger partial charge in [0.1, 0.15) is 6.10 Å². The zero-order valence-corrected chi connectivity index (χ0v) is 12.4. The molecule has 2 unspecified atom stereocenters. The second-order valence-corrected chi connectivity index (χ2v) is 6.02. The summed E-state index contributed by atoms with van der Waals surface area (Å²) in [6, 6.07) is 5.71. The minimum Gasteiger partial charge on any atom is -0.487 e. The number of rotatable bonds is 5.